The highest BCUT2D eigenvalue weighted by Crippen LogP contribution is 1.74. The van der Waals surface area contributed by atoms with E-state index in [1.54, 1.807) is 0 Å². The summed E-state index contributed by atoms with van der Waals surface area (Å²) in [5, 5.41) is 2.27. The largest absolute Gasteiger partial charge is 0.369 e. The van der Waals surface area contributed by atoms with Crippen molar-refractivity contribution in [2.24, 2.45) is 20.5 Å². The second-order valence-corrected chi connectivity index (χ2v) is 1.40. The Balaban J connectivity index is 3.75. The summed E-state index contributed by atoms with van der Waals surface area (Å²) in [4.78, 5) is 0. The lowest BCUT2D eigenvalue weighted by Gasteiger charge is -1.97. The Hall–Kier alpha value is -0.680. The summed E-state index contributed by atoms with van der Waals surface area (Å²) in [7, 11) is 0. The van der Waals surface area contributed by atoms with Crippen molar-refractivity contribution in [3.8, 4) is 0 Å². The summed E-state index contributed by atoms with van der Waals surface area (Å²) in [6.45, 7) is 0. The molecule has 0 aliphatic rings. The number of nitrogens with two attached hydrogens (primary N) is 2. The lowest BCUT2D eigenvalue weighted by molar-refractivity contribution is 1.27. The molecule has 0 aromatic carbocycles. The highest BCUT2D eigenvalue weighted by atomic mass is 35.5. The molecule has 0 spiro atoms. The fourth-order valence-electron chi connectivity index (χ4n) is 0.173. The standard InChI is InChI=1S/C2H5Cl2N5/c3-8-1(5)7-2(6)9-4/h(H5,5,6,7,8,9). The zero-order valence-electron chi connectivity index (χ0n) is 4.31. The van der Waals surface area contributed by atoms with E-state index in [1.165, 1.54) is 0 Å². The molecule has 7 heteroatoms. The van der Waals surface area contributed by atoms with Crippen LogP contribution in [-0.2, 0) is 0 Å². The summed E-state index contributed by atoms with van der Waals surface area (Å²) in [5.74, 6) is -0.114. The second-order valence-electron chi connectivity index (χ2n) is 1.06. The number of nitrogens with zero attached hydrogens (tertiary/aromatic N) is 2. The van der Waals surface area contributed by atoms with Crippen molar-refractivity contribution in [2.75, 3.05) is 0 Å². The van der Waals surface area contributed by atoms with Crippen LogP contribution in [0.1, 0.15) is 0 Å². The molecular weight excluding hydrogens is 165 g/mol. The predicted octanol–water partition coefficient (Wildman–Crippen LogP) is -0.487. The maximum absolute atomic E-state index is 5.04. The third-order valence-electron chi connectivity index (χ3n) is 0.438. The predicted molar refractivity (Wildman–Crippen MR) is 38.1 cm³/mol. The molecule has 0 aliphatic heterocycles. The van der Waals surface area contributed by atoms with Crippen LogP contribution in [0.15, 0.2) is 9.02 Å². The normalized spacial score (nSPS) is 13.6. The third-order valence-corrected chi connectivity index (χ3v) is 0.802. The van der Waals surface area contributed by atoms with Gasteiger partial charge in [0.05, 0.1) is 0 Å². The van der Waals surface area contributed by atoms with Crippen molar-refractivity contribution in [3.63, 3.8) is 0 Å². The molecule has 0 unspecified atom stereocenters. The Morgan fingerprint density at radius 1 is 1.11 bits per heavy atom. The maximum atomic E-state index is 5.04. The smallest absolute Gasteiger partial charge is 0.213 e. The summed E-state index contributed by atoms with van der Waals surface area (Å²) in [6.07, 6.45) is 0. The summed E-state index contributed by atoms with van der Waals surface area (Å²) >= 11 is 9.80. The van der Waals surface area contributed by atoms with Gasteiger partial charge in [-0.2, -0.15) is 0 Å². The van der Waals surface area contributed by atoms with Crippen LogP contribution in [0.2, 0.25) is 0 Å². The molecule has 5 nitrogen and oxygen atoms in total. The van der Waals surface area contributed by atoms with Crippen LogP contribution in [0.25, 0.3) is 0 Å². The minimum atomic E-state index is -0.0569. The van der Waals surface area contributed by atoms with Gasteiger partial charge in [-0.25, -0.2) is 0 Å². The van der Waals surface area contributed by atoms with Gasteiger partial charge in [-0.3, -0.25) is 5.32 Å². The molecular formula is C2H5Cl2N5. The maximum Gasteiger partial charge on any atom is 0.213 e. The van der Waals surface area contributed by atoms with Gasteiger partial charge < -0.3 is 11.5 Å². The van der Waals surface area contributed by atoms with Gasteiger partial charge in [0.25, 0.3) is 0 Å². The molecule has 0 aliphatic carbocycles. The van der Waals surface area contributed by atoms with Crippen molar-refractivity contribution < 1.29 is 0 Å². The third kappa shape index (κ3) is 3.87. The van der Waals surface area contributed by atoms with Crippen LogP contribution >= 0.6 is 23.6 Å². The zero-order chi connectivity index (χ0) is 7.28. The van der Waals surface area contributed by atoms with E-state index in [2.05, 4.69) is 14.3 Å². The van der Waals surface area contributed by atoms with Crippen molar-refractivity contribution in [1.82, 2.24) is 5.32 Å². The van der Waals surface area contributed by atoms with Gasteiger partial charge in [-0.05, 0) is 0 Å². The highest BCUT2D eigenvalue weighted by molar-refractivity contribution is 6.22. The zero-order valence-corrected chi connectivity index (χ0v) is 5.82. The van der Waals surface area contributed by atoms with Gasteiger partial charge in [0, 0.05) is 23.6 Å². The molecule has 0 aromatic rings. The SMILES string of the molecule is NC(=NCl)NC(N)=NCl. The Bertz CT molecular complexity index is 124. The number of hydrogen-bond donors (Lipinski definition) is 3. The molecule has 0 amide bonds. The van der Waals surface area contributed by atoms with Gasteiger partial charge in [0.15, 0.2) is 0 Å². The molecule has 0 saturated carbocycles. The quantitative estimate of drug-likeness (QED) is 0.338. The van der Waals surface area contributed by atoms with Crippen LogP contribution in [0, 0.1) is 0 Å². The van der Waals surface area contributed by atoms with Crippen molar-refractivity contribution in [1.29, 1.82) is 0 Å². The molecule has 0 heterocycles. The average Bonchev–Trinajstić information content (AvgIpc) is 1.87. The van der Waals surface area contributed by atoms with Gasteiger partial charge in [-0.1, -0.05) is 0 Å². The van der Waals surface area contributed by atoms with Crippen molar-refractivity contribution in [2.45, 2.75) is 0 Å². The molecule has 0 aromatic heterocycles. The molecule has 0 saturated heterocycles. The number of halogens is 2. The molecule has 0 rings (SSSR count). The van der Waals surface area contributed by atoms with E-state index in [-0.39, 0.29) is 11.9 Å². The highest BCUT2D eigenvalue weighted by Gasteiger charge is 1.90. The molecule has 0 bridgehead atoms. The number of nitrogens with one attached hydrogen (secondary N) is 1. The van der Waals surface area contributed by atoms with Crippen molar-refractivity contribution >= 4 is 35.5 Å². The molecule has 0 atom stereocenters. The Morgan fingerprint density at radius 3 is 1.67 bits per heavy atom. The first kappa shape index (κ1) is 8.32. The number of rotatable bonds is 0. The monoisotopic (exact) mass is 169 g/mol. The summed E-state index contributed by atoms with van der Waals surface area (Å²) in [6, 6.07) is 0. The van der Waals surface area contributed by atoms with E-state index in [0.29, 0.717) is 0 Å². The van der Waals surface area contributed by atoms with E-state index >= 15 is 0 Å². The van der Waals surface area contributed by atoms with Gasteiger partial charge in [-0.15, -0.1) is 9.02 Å². The first-order valence-corrected chi connectivity index (χ1v) is 2.54. The molecule has 9 heavy (non-hydrogen) atoms. The van der Waals surface area contributed by atoms with Gasteiger partial charge in [0.2, 0.25) is 11.9 Å². The number of guanidine groups is 2. The minimum absolute atomic E-state index is 0.0569. The topological polar surface area (TPSA) is 88.8 Å². The summed E-state index contributed by atoms with van der Waals surface area (Å²) in [5.41, 5.74) is 10.1. The Morgan fingerprint density at radius 2 is 1.44 bits per heavy atom. The van der Waals surface area contributed by atoms with E-state index in [4.69, 9.17) is 35.0 Å². The van der Waals surface area contributed by atoms with Crippen LogP contribution in [0.4, 0.5) is 0 Å². The first-order chi connectivity index (χ1) is 4.20. The first-order valence-electron chi connectivity index (χ1n) is 1.86. The van der Waals surface area contributed by atoms with E-state index in [9.17, 15) is 0 Å². The summed E-state index contributed by atoms with van der Waals surface area (Å²) < 4.78 is 6.02. The molecule has 0 fully saturated rings. The Kier molecular flexibility index (Phi) is 3.90. The number of hydrogen-bond acceptors (Lipinski definition) is 2. The molecule has 5 N–H and O–H groups in total. The van der Waals surface area contributed by atoms with Crippen LogP contribution < -0.4 is 16.8 Å². The second kappa shape index (κ2) is 4.22. The van der Waals surface area contributed by atoms with E-state index in [1.807, 2.05) is 0 Å². The minimum Gasteiger partial charge on any atom is -0.369 e. The van der Waals surface area contributed by atoms with E-state index < -0.39 is 0 Å². The van der Waals surface area contributed by atoms with Crippen molar-refractivity contribution in [3.05, 3.63) is 0 Å². The lowest BCUT2D eigenvalue weighted by atomic mass is 10.9. The fraction of sp³-hybridized carbons (Fsp3) is 0. The van der Waals surface area contributed by atoms with Crippen LogP contribution in [0.5, 0.6) is 0 Å². The lowest BCUT2D eigenvalue weighted by Crippen LogP contribution is -2.40. The average molecular weight is 170 g/mol. The van der Waals surface area contributed by atoms with Crippen LogP contribution in [0.3, 0.4) is 0 Å². The Labute approximate surface area is 62.0 Å². The van der Waals surface area contributed by atoms with Gasteiger partial charge >= 0.3 is 0 Å². The molecule has 52 valence electrons. The van der Waals surface area contributed by atoms with Crippen LogP contribution in [-0.4, -0.2) is 11.9 Å². The molecule has 0 radical (unpaired) electrons. The van der Waals surface area contributed by atoms with E-state index in [0.717, 1.165) is 0 Å². The van der Waals surface area contributed by atoms with Gasteiger partial charge in [0.1, 0.15) is 0 Å². The fourth-order valence-corrected chi connectivity index (χ4v) is 0.258.